The summed E-state index contributed by atoms with van der Waals surface area (Å²) in [5.41, 5.74) is 4.94. The standard InChI is InChI=1S/C27H31NO4/c1-28-13-12-21-16-25(30-3)26(31-4)17-22(21)23(28)14-20-10-11-24(29-2)27(15-20)32-18-19-8-6-5-7-9-19/h5-11,15-17,23H,12-14,18H2,1-4H3. The van der Waals surface area contributed by atoms with Crippen molar-refractivity contribution in [1.29, 1.82) is 0 Å². The summed E-state index contributed by atoms with van der Waals surface area (Å²) in [6.45, 7) is 1.50. The lowest BCUT2D eigenvalue weighted by Gasteiger charge is -2.35. The Morgan fingerprint density at radius 1 is 0.781 bits per heavy atom. The van der Waals surface area contributed by atoms with E-state index in [9.17, 15) is 0 Å². The fraction of sp³-hybridized carbons (Fsp3) is 0.333. The van der Waals surface area contributed by atoms with E-state index < -0.39 is 0 Å². The number of methoxy groups -OCH3 is 3. The van der Waals surface area contributed by atoms with Gasteiger partial charge in [-0.05, 0) is 66.4 Å². The van der Waals surface area contributed by atoms with Crippen LogP contribution in [0.15, 0.2) is 60.7 Å². The van der Waals surface area contributed by atoms with Crippen LogP contribution in [0.1, 0.15) is 28.3 Å². The average molecular weight is 434 g/mol. The van der Waals surface area contributed by atoms with E-state index in [1.54, 1.807) is 21.3 Å². The minimum Gasteiger partial charge on any atom is -0.493 e. The zero-order valence-electron chi connectivity index (χ0n) is 19.3. The molecule has 0 fully saturated rings. The molecule has 0 N–H and O–H groups in total. The van der Waals surface area contributed by atoms with Gasteiger partial charge >= 0.3 is 0 Å². The summed E-state index contributed by atoms with van der Waals surface area (Å²) in [7, 11) is 7.23. The number of fused-ring (bicyclic) bond motifs is 1. The number of rotatable bonds is 8. The molecule has 3 aromatic carbocycles. The van der Waals surface area contributed by atoms with E-state index in [1.165, 1.54) is 16.7 Å². The zero-order chi connectivity index (χ0) is 22.5. The van der Waals surface area contributed by atoms with Gasteiger partial charge in [0.2, 0.25) is 0 Å². The van der Waals surface area contributed by atoms with Crippen molar-refractivity contribution in [2.24, 2.45) is 0 Å². The monoisotopic (exact) mass is 433 g/mol. The highest BCUT2D eigenvalue weighted by Crippen LogP contribution is 2.39. The van der Waals surface area contributed by atoms with E-state index in [0.717, 1.165) is 47.9 Å². The van der Waals surface area contributed by atoms with Gasteiger partial charge in [-0.1, -0.05) is 36.4 Å². The molecule has 0 spiro atoms. The van der Waals surface area contributed by atoms with Crippen LogP contribution in [0.2, 0.25) is 0 Å². The molecule has 0 aliphatic carbocycles. The number of benzene rings is 3. The summed E-state index contributed by atoms with van der Waals surface area (Å²) in [6, 6.07) is 20.9. The summed E-state index contributed by atoms with van der Waals surface area (Å²) in [6.07, 6.45) is 1.86. The van der Waals surface area contributed by atoms with E-state index in [1.807, 2.05) is 24.3 Å². The average Bonchev–Trinajstić information content (AvgIpc) is 2.84. The highest BCUT2D eigenvalue weighted by atomic mass is 16.5. The first-order valence-corrected chi connectivity index (χ1v) is 10.9. The third-order valence-corrected chi connectivity index (χ3v) is 6.16. The Bertz CT molecular complexity index is 1050. The van der Waals surface area contributed by atoms with Gasteiger partial charge in [0.05, 0.1) is 21.3 Å². The topological polar surface area (TPSA) is 40.2 Å². The summed E-state index contributed by atoms with van der Waals surface area (Å²) < 4.78 is 22.8. The molecule has 0 amide bonds. The number of hydrogen-bond acceptors (Lipinski definition) is 5. The molecule has 0 bridgehead atoms. The first-order chi connectivity index (χ1) is 15.6. The molecule has 0 aromatic heterocycles. The van der Waals surface area contributed by atoms with Crippen LogP contribution >= 0.6 is 0 Å². The molecule has 1 aliphatic heterocycles. The van der Waals surface area contributed by atoms with Crippen LogP contribution in [-0.2, 0) is 19.4 Å². The van der Waals surface area contributed by atoms with Crippen molar-refractivity contribution < 1.29 is 18.9 Å². The lowest BCUT2D eigenvalue weighted by Crippen LogP contribution is -2.33. The van der Waals surface area contributed by atoms with E-state index >= 15 is 0 Å². The fourth-order valence-electron chi connectivity index (χ4n) is 4.34. The Balaban J connectivity index is 1.60. The fourth-order valence-corrected chi connectivity index (χ4v) is 4.34. The first-order valence-electron chi connectivity index (χ1n) is 10.9. The smallest absolute Gasteiger partial charge is 0.161 e. The molecule has 0 saturated carbocycles. The number of ether oxygens (including phenoxy) is 4. The maximum atomic E-state index is 6.13. The molecule has 1 atom stereocenters. The Morgan fingerprint density at radius 2 is 1.50 bits per heavy atom. The Hall–Kier alpha value is -3.18. The third-order valence-electron chi connectivity index (χ3n) is 6.16. The summed E-state index contributed by atoms with van der Waals surface area (Å²) in [5.74, 6) is 3.07. The van der Waals surface area contributed by atoms with Crippen molar-refractivity contribution in [2.45, 2.75) is 25.5 Å². The van der Waals surface area contributed by atoms with E-state index in [2.05, 4.69) is 48.3 Å². The summed E-state index contributed by atoms with van der Waals surface area (Å²) in [4.78, 5) is 2.41. The predicted octanol–water partition coefficient (Wildman–Crippen LogP) is 5.06. The SMILES string of the molecule is COc1cc2c(cc1OC)C(Cc1ccc(OC)c(OCc3ccccc3)c1)N(C)CC2. The molecule has 4 rings (SSSR count). The van der Waals surface area contributed by atoms with Crippen LogP contribution in [0, 0.1) is 0 Å². The first kappa shape index (κ1) is 22.0. The van der Waals surface area contributed by atoms with Crippen LogP contribution < -0.4 is 18.9 Å². The molecule has 0 radical (unpaired) electrons. The Morgan fingerprint density at radius 3 is 2.22 bits per heavy atom. The van der Waals surface area contributed by atoms with Gasteiger partial charge in [-0.25, -0.2) is 0 Å². The molecular formula is C27H31NO4. The van der Waals surface area contributed by atoms with E-state index in [-0.39, 0.29) is 6.04 Å². The molecule has 168 valence electrons. The highest BCUT2D eigenvalue weighted by Gasteiger charge is 2.27. The number of nitrogens with zero attached hydrogens (tertiary/aromatic N) is 1. The van der Waals surface area contributed by atoms with Gasteiger partial charge in [0.15, 0.2) is 23.0 Å². The number of likely N-dealkylation sites (N-methyl/N-ethyl adjacent to an activating group) is 1. The van der Waals surface area contributed by atoms with Crippen LogP contribution in [0.4, 0.5) is 0 Å². The predicted molar refractivity (Wildman–Crippen MR) is 126 cm³/mol. The van der Waals surface area contributed by atoms with Crippen molar-refractivity contribution in [3.05, 3.63) is 82.9 Å². The van der Waals surface area contributed by atoms with Gasteiger partial charge < -0.3 is 18.9 Å². The second-order valence-corrected chi connectivity index (χ2v) is 8.12. The third kappa shape index (κ3) is 4.68. The lowest BCUT2D eigenvalue weighted by atomic mass is 9.88. The Labute approximate surface area is 190 Å². The summed E-state index contributed by atoms with van der Waals surface area (Å²) in [5, 5.41) is 0. The van der Waals surface area contributed by atoms with Gasteiger partial charge in [-0.15, -0.1) is 0 Å². The van der Waals surface area contributed by atoms with Crippen LogP contribution in [-0.4, -0.2) is 39.8 Å². The lowest BCUT2D eigenvalue weighted by molar-refractivity contribution is 0.227. The normalized spacial score (nSPS) is 15.7. The minimum absolute atomic E-state index is 0.244. The van der Waals surface area contributed by atoms with Crippen LogP contribution in [0.3, 0.4) is 0 Å². The zero-order valence-corrected chi connectivity index (χ0v) is 19.3. The van der Waals surface area contributed by atoms with Gasteiger partial charge in [-0.3, -0.25) is 4.90 Å². The number of hydrogen-bond donors (Lipinski definition) is 0. The second kappa shape index (κ2) is 9.96. The largest absolute Gasteiger partial charge is 0.493 e. The van der Waals surface area contributed by atoms with E-state index in [4.69, 9.17) is 18.9 Å². The van der Waals surface area contributed by atoms with Gasteiger partial charge in [0.1, 0.15) is 6.61 Å². The van der Waals surface area contributed by atoms with Crippen molar-refractivity contribution in [2.75, 3.05) is 34.9 Å². The van der Waals surface area contributed by atoms with Crippen LogP contribution in [0.25, 0.3) is 0 Å². The molecule has 1 aliphatic rings. The van der Waals surface area contributed by atoms with Gasteiger partial charge in [-0.2, -0.15) is 0 Å². The van der Waals surface area contributed by atoms with Crippen molar-refractivity contribution >= 4 is 0 Å². The minimum atomic E-state index is 0.244. The quantitative estimate of drug-likeness (QED) is 0.496. The molecular weight excluding hydrogens is 402 g/mol. The maximum absolute atomic E-state index is 6.13. The molecule has 1 heterocycles. The molecule has 5 heteroatoms. The molecule has 32 heavy (non-hydrogen) atoms. The van der Waals surface area contributed by atoms with Crippen molar-refractivity contribution in [3.8, 4) is 23.0 Å². The molecule has 5 nitrogen and oxygen atoms in total. The van der Waals surface area contributed by atoms with Crippen LogP contribution in [0.5, 0.6) is 23.0 Å². The van der Waals surface area contributed by atoms with Crippen molar-refractivity contribution in [1.82, 2.24) is 4.90 Å². The summed E-state index contributed by atoms with van der Waals surface area (Å²) >= 11 is 0. The van der Waals surface area contributed by atoms with Crippen molar-refractivity contribution in [3.63, 3.8) is 0 Å². The Kier molecular flexibility index (Phi) is 6.86. The molecule has 0 saturated heterocycles. The van der Waals surface area contributed by atoms with E-state index in [0.29, 0.717) is 6.61 Å². The molecule has 1 unspecified atom stereocenters. The second-order valence-electron chi connectivity index (χ2n) is 8.12. The highest BCUT2D eigenvalue weighted by molar-refractivity contribution is 5.50. The maximum Gasteiger partial charge on any atom is 0.161 e. The molecule has 3 aromatic rings. The van der Waals surface area contributed by atoms with Gasteiger partial charge in [0.25, 0.3) is 0 Å². The van der Waals surface area contributed by atoms with Gasteiger partial charge in [0, 0.05) is 12.6 Å².